The van der Waals surface area contributed by atoms with Crippen molar-refractivity contribution in [1.82, 2.24) is 10.3 Å². The fourth-order valence-electron chi connectivity index (χ4n) is 1.01. The van der Waals surface area contributed by atoms with E-state index in [1.807, 2.05) is 0 Å². The average Bonchev–Trinajstić information content (AvgIpc) is 2.31. The average molecular weight is 236 g/mol. The highest BCUT2D eigenvalue weighted by Gasteiger charge is 1.99. The van der Waals surface area contributed by atoms with E-state index in [2.05, 4.69) is 15.6 Å². The summed E-state index contributed by atoms with van der Waals surface area (Å²) in [6, 6.07) is 2.75. The highest BCUT2D eigenvalue weighted by Crippen LogP contribution is 2.03. The van der Waals surface area contributed by atoms with Crippen LogP contribution in [0.4, 0.5) is 10.2 Å². The zero-order valence-electron chi connectivity index (χ0n) is 9.33. The summed E-state index contributed by atoms with van der Waals surface area (Å²) in [6.07, 6.45) is 4.03. The molecule has 3 N–H and O–H groups in total. The minimum atomic E-state index is -0.410. The van der Waals surface area contributed by atoms with Crippen molar-refractivity contribution in [3.63, 3.8) is 0 Å². The molecule has 0 atom stereocenters. The number of hydrogen-bond donors (Lipinski definition) is 3. The number of nitrogens with one attached hydrogen (secondary N) is 3. The predicted molar refractivity (Wildman–Crippen MR) is 63.4 cm³/mol. The molecule has 5 nitrogen and oxygen atoms in total. The molecule has 1 amide bonds. The number of amides is 1. The summed E-state index contributed by atoms with van der Waals surface area (Å²) in [4.78, 5) is 14.7. The molecule has 0 radical (unpaired) electrons. The number of nitrogens with zero attached hydrogens (tertiary/aromatic N) is 1. The van der Waals surface area contributed by atoms with Gasteiger partial charge in [-0.1, -0.05) is 0 Å². The molecule has 0 fully saturated rings. The van der Waals surface area contributed by atoms with E-state index in [1.54, 1.807) is 0 Å². The number of aromatic nitrogens is 1. The highest BCUT2D eigenvalue weighted by molar-refractivity contribution is 6.05. The summed E-state index contributed by atoms with van der Waals surface area (Å²) in [5.74, 6) is -0.165. The maximum absolute atomic E-state index is 12.5. The van der Waals surface area contributed by atoms with Crippen molar-refractivity contribution in [3.8, 4) is 0 Å². The van der Waals surface area contributed by atoms with E-state index in [0.29, 0.717) is 5.82 Å². The van der Waals surface area contributed by atoms with E-state index >= 15 is 0 Å². The Bertz CT molecular complexity index is 428. The first-order valence-electron chi connectivity index (χ1n) is 4.94. The smallest absolute Gasteiger partial charge is 0.225 e. The molecule has 0 saturated heterocycles. The Morgan fingerprint density at radius 3 is 2.94 bits per heavy atom. The van der Waals surface area contributed by atoms with Crippen molar-refractivity contribution in [2.45, 2.75) is 6.42 Å². The van der Waals surface area contributed by atoms with Gasteiger partial charge in [-0.05, 0) is 18.2 Å². The fourth-order valence-corrected chi connectivity index (χ4v) is 1.01. The van der Waals surface area contributed by atoms with Crippen LogP contribution in [0, 0.1) is 11.2 Å². The SMILES string of the molecule is CNC(=O)CC(=N)/C=C\Nc1ccc(F)cn1. The Morgan fingerprint density at radius 1 is 1.59 bits per heavy atom. The lowest BCUT2D eigenvalue weighted by Crippen LogP contribution is -2.20. The second kappa shape index (κ2) is 6.37. The molecule has 0 bridgehead atoms. The van der Waals surface area contributed by atoms with E-state index in [4.69, 9.17) is 5.41 Å². The van der Waals surface area contributed by atoms with E-state index in [-0.39, 0.29) is 18.0 Å². The maximum Gasteiger partial charge on any atom is 0.225 e. The third-order valence-corrected chi connectivity index (χ3v) is 1.87. The largest absolute Gasteiger partial charge is 0.359 e. The van der Waals surface area contributed by atoms with Gasteiger partial charge in [0.1, 0.15) is 11.6 Å². The first-order chi connectivity index (χ1) is 8.11. The molecular weight excluding hydrogens is 223 g/mol. The van der Waals surface area contributed by atoms with Crippen molar-refractivity contribution in [2.24, 2.45) is 0 Å². The van der Waals surface area contributed by atoms with Crippen molar-refractivity contribution in [2.75, 3.05) is 12.4 Å². The van der Waals surface area contributed by atoms with Gasteiger partial charge in [-0.3, -0.25) is 4.79 Å². The van der Waals surface area contributed by atoms with Crippen LogP contribution in [0.1, 0.15) is 6.42 Å². The summed E-state index contributed by atoms with van der Waals surface area (Å²) in [7, 11) is 1.51. The molecule has 0 aliphatic carbocycles. The first kappa shape index (κ1) is 12.8. The second-order valence-corrected chi connectivity index (χ2v) is 3.21. The number of halogens is 1. The van der Waals surface area contributed by atoms with Gasteiger partial charge in [0.2, 0.25) is 5.91 Å². The van der Waals surface area contributed by atoms with Crippen molar-refractivity contribution in [3.05, 3.63) is 36.4 Å². The molecule has 0 aromatic carbocycles. The van der Waals surface area contributed by atoms with Gasteiger partial charge < -0.3 is 16.0 Å². The summed E-state index contributed by atoms with van der Waals surface area (Å²) in [5.41, 5.74) is 0.166. The van der Waals surface area contributed by atoms with E-state index < -0.39 is 5.82 Å². The van der Waals surface area contributed by atoms with Gasteiger partial charge >= 0.3 is 0 Å². The lowest BCUT2D eigenvalue weighted by atomic mass is 10.2. The van der Waals surface area contributed by atoms with Crippen LogP contribution < -0.4 is 10.6 Å². The van der Waals surface area contributed by atoms with E-state index in [1.165, 1.54) is 31.5 Å². The number of anilines is 1. The molecular formula is C11H13FN4O. The molecule has 17 heavy (non-hydrogen) atoms. The molecule has 1 rings (SSSR count). The molecule has 1 heterocycles. The zero-order valence-corrected chi connectivity index (χ0v) is 9.33. The summed E-state index contributed by atoms with van der Waals surface area (Å²) < 4.78 is 12.5. The van der Waals surface area contributed by atoms with Crippen molar-refractivity contribution >= 4 is 17.4 Å². The van der Waals surface area contributed by atoms with Crippen LogP contribution in [0.25, 0.3) is 0 Å². The van der Waals surface area contributed by atoms with Crippen LogP contribution in [0.2, 0.25) is 0 Å². The van der Waals surface area contributed by atoms with Gasteiger partial charge in [-0.25, -0.2) is 9.37 Å². The first-order valence-corrected chi connectivity index (χ1v) is 4.94. The number of pyridine rings is 1. The lowest BCUT2D eigenvalue weighted by Gasteiger charge is -1.99. The second-order valence-electron chi connectivity index (χ2n) is 3.21. The third-order valence-electron chi connectivity index (χ3n) is 1.87. The number of carbonyl (C=O) groups is 1. The summed E-state index contributed by atoms with van der Waals surface area (Å²) in [5, 5.41) is 12.6. The normalized spacial score (nSPS) is 10.2. The van der Waals surface area contributed by atoms with Crippen LogP contribution in [0.3, 0.4) is 0 Å². The number of hydrogen-bond acceptors (Lipinski definition) is 4. The minimum Gasteiger partial charge on any atom is -0.359 e. The van der Waals surface area contributed by atoms with Gasteiger partial charge in [0.05, 0.1) is 12.6 Å². The number of rotatable bonds is 5. The van der Waals surface area contributed by atoms with Crippen LogP contribution >= 0.6 is 0 Å². The van der Waals surface area contributed by atoms with Crippen LogP contribution in [-0.4, -0.2) is 23.7 Å². The zero-order chi connectivity index (χ0) is 12.7. The third kappa shape index (κ3) is 4.87. The highest BCUT2D eigenvalue weighted by atomic mass is 19.1. The van der Waals surface area contributed by atoms with Gasteiger partial charge in [0.25, 0.3) is 0 Å². The van der Waals surface area contributed by atoms with Crippen LogP contribution in [0.15, 0.2) is 30.6 Å². The summed E-state index contributed by atoms with van der Waals surface area (Å²) >= 11 is 0. The van der Waals surface area contributed by atoms with E-state index in [9.17, 15) is 9.18 Å². The molecule has 1 aromatic rings. The minimum absolute atomic E-state index is 0.0194. The predicted octanol–water partition coefficient (Wildman–Crippen LogP) is 1.30. The molecule has 0 aliphatic heterocycles. The Labute approximate surface area is 98.3 Å². The molecule has 0 aliphatic rings. The van der Waals surface area contributed by atoms with Crippen molar-refractivity contribution in [1.29, 1.82) is 5.41 Å². The Kier molecular flexibility index (Phi) is 4.80. The molecule has 0 unspecified atom stereocenters. The van der Waals surface area contributed by atoms with Crippen LogP contribution in [0.5, 0.6) is 0 Å². The van der Waals surface area contributed by atoms with Gasteiger partial charge in [-0.15, -0.1) is 0 Å². The molecule has 1 aromatic heterocycles. The molecule has 0 spiro atoms. The monoisotopic (exact) mass is 236 g/mol. The molecule has 90 valence electrons. The van der Waals surface area contributed by atoms with Gasteiger partial charge in [0.15, 0.2) is 0 Å². The van der Waals surface area contributed by atoms with E-state index in [0.717, 1.165) is 6.20 Å². The standard InChI is InChI=1S/C11H13FN4O/c1-14-11(17)6-9(13)4-5-15-10-3-2-8(12)7-16-10/h2-5,7,13H,6H2,1H3,(H,14,17)(H,15,16)/b5-4-,13-9?. The van der Waals surface area contributed by atoms with Crippen LogP contribution in [-0.2, 0) is 4.79 Å². The molecule has 0 saturated carbocycles. The Balaban J connectivity index is 2.42. The Morgan fingerprint density at radius 2 is 2.35 bits per heavy atom. The molecule has 6 heteroatoms. The fraction of sp³-hybridized carbons (Fsp3) is 0.182. The number of allylic oxidation sites excluding steroid dienone is 1. The maximum atomic E-state index is 12.5. The van der Waals surface area contributed by atoms with Gasteiger partial charge in [-0.2, -0.15) is 0 Å². The number of carbonyl (C=O) groups excluding carboxylic acids is 1. The summed E-state index contributed by atoms with van der Waals surface area (Å²) in [6.45, 7) is 0. The van der Waals surface area contributed by atoms with Gasteiger partial charge in [0, 0.05) is 19.0 Å². The quantitative estimate of drug-likeness (QED) is 0.674. The Hall–Kier alpha value is -2.24. The van der Waals surface area contributed by atoms with Crippen molar-refractivity contribution < 1.29 is 9.18 Å². The lowest BCUT2D eigenvalue weighted by molar-refractivity contribution is -0.119. The topological polar surface area (TPSA) is 77.9 Å².